The Morgan fingerprint density at radius 2 is 2.00 bits per heavy atom. The van der Waals surface area contributed by atoms with Gasteiger partial charge in [0.15, 0.2) is 0 Å². The highest BCUT2D eigenvalue weighted by atomic mass is 16.5. The van der Waals surface area contributed by atoms with Crippen molar-refractivity contribution in [2.24, 2.45) is 0 Å². The van der Waals surface area contributed by atoms with Gasteiger partial charge in [-0.05, 0) is 32.4 Å². The van der Waals surface area contributed by atoms with Gasteiger partial charge in [0.05, 0.1) is 18.0 Å². The monoisotopic (exact) mass is 311 g/mol. The van der Waals surface area contributed by atoms with Crippen molar-refractivity contribution in [3.63, 3.8) is 0 Å². The van der Waals surface area contributed by atoms with Crippen LogP contribution < -0.4 is 9.64 Å². The molecule has 6 heteroatoms. The number of benzene rings is 1. The second-order valence-corrected chi connectivity index (χ2v) is 5.55. The van der Waals surface area contributed by atoms with Crippen LogP contribution in [-0.4, -0.2) is 33.5 Å². The molecule has 0 aliphatic rings. The molecule has 3 rings (SSSR count). The summed E-state index contributed by atoms with van der Waals surface area (Å²) in [5.41, 5.74) is 5.04. The molecule has 0 atom stereocenters. The van der Waals surface area contributed by atoms with Gasteiger partial charge in [0.1, 0.15) is 12.1 Å². The molecular weight excluding hydrogens is 290 g/mol. The highest BCUT2D eigenvalue weighted by molar-refractivity contribution is 5.72. The lowest BCUT2D eigenvalue weighted by atomic mass is 10.1. The van der Waals surface area contributed by atoms with Crippen molar-refractivity contribution in [3.8, 4) is 5.75 Å². The van der Waals surface area contributed by atoms with E-state index in [9.17, 15) is 0 Å². The number of para-hydroxylation sites is 1. The summed E-state index contributed by atoms with van der Waals surface area (Å²) in [6.45, 7) is 7.44. The summed E-state index contributed by atoms with van der Waals surface area (Å²) in [6, 6.07) is 8.12. The molecule has 0 radical (unpaired) electrons. The van der Waals surface area contributed by atoms with Gasteiger partial charge in [-0.3, -0.25) is 0 Å². The van der Waals surface area contributed by atoms with Crippen LogP contribution in [0.1, 0.15) is 23.7 Å². The van der Waals surface area contributed by atoms with Crippen LogP contribution in [0, 0.1) is 13.8 Å². The molecule has 0 saturated carbocycles. The zero-order valence-corrected chi connectivity index (χ0v) is 13.9. The first-order valence-corrected chi connectivity index (χ1v) is 7.71. The molecule has 2 heterocycles. The Bertz CT molecular complexity index is 827. The van der Waals surface area contributed by atoms with Gasteiger partial charge in [0.25, 0.3) is 0 Å². The first kappa shape index (κ1) is 15.3. The largest absolute Gasteiger partial charge is 0.494 e. The van der Waals surface area contributed by atoms with E-state index >= 15 is 0 Å². The van der Waals surface area contributed by atoms with Gasteiger partial charge in [-0.25, -0.2) is 0 Å². The molecule has 0 aliphatic heterocycles. The molecule has 0 fully saturated rings. The Morgan fingerprint density at radius 1 is 1.22 bits per heavy atom. The van der Waals surface area contributed by atoms with E-state index < -0.39 is 0 Å². The van der Waals surface area contributed by atoms with Crippen molar-refractivity contribution in [2.45, 2.75) is 27.3 Å². The summed E-state index contributed by atoms with van der Waals surface area (Å²) in [6.07, 6.45) is 1.63. The number of hydrogen-bond donors (Lipinski definition) is 0. The molecule has 3 aromatic rings. The van der Waals surface area contributed by atoms with Crippen LogP contribution in [0.5, 0.6) is 5.75 Å². The number of aromatic nitrogens is 4. The zero-order valence-electron chi connectivity index (χ0n) is 13.9. The molecular formula is C17H21N5O. The van der Waals surface area contributed by atoms with Crippen LogP contribution in [-0.2, 0) is 6.54 Å². The first-order valence-electron chi connectivity index (χ1n) is 7.71. The predicted molar refractivity (Wildman–Crippen MR) is 90.0 cm³/mol. The predicted octanol–water partition coefficient (Wildman–Crippen LogP) is 2.78. The highest BCUT2D eigenvalue weighted by Gasteiger charge is 2.16. The van der Waals surface area contributed by atoms with Gasteiger partial charge in [-0.15, -0.1) is 10.2 Å². The third-order valence-electron chi connectivity index (χ3n) is 3.96. The van der Waals surface area contributed by atoms with Crippen LogP contribution in [0.4, 0.5) is 5.69 Å². The number of aryl methyl sites for hydroxylation is 1. The number of fused-ring (bicyclic) bond motifs is 1. The Balaban J connectivity index is 2.00. The van der Waals surface area contributed by atoms with Crippen LogP contribution in [0.15, 0.2) is 30.6 Å². The first-order chi connectivity index (χ1) is 11.1. The molecule has 0 amide bonds. The summed E-state index contributed by atoms with van der Waals surface area (Å²) in [5.74, 6) is 0.919. The second kappa shape index (κ2) is 6.24. The molecule has 2 aromatic heterocycles. The van der Waals surface area contributed by atoms with E-state index in [4.69, 9.17) is 4.74 Å². The Hall–Kier alpha value is -2.63. The van der Waals surface area contributed by atoms with E-state index in [-0.39, 0.29) is 0 Å². The molecule has 6 nitrogen and oxygen atoms in total. The summed E-state index contributed by atoms with van der Waals surface area (Å²) in [5, 5.41) is 12.7. The molecule has 120 valence electrons. The van der Waals surface area contributed by atoms with Gasteiger partial charge in [0, 0.05) is 19.2 Å². The van der Waals surface area contributed by atoms with Crippen LogP contribution in [0.2, 0.25) is 0 Å². The summed E-state index contributed by atoms with van der Waals surface area (Å²) < 4.78 is 7.45. The molecule has 1 aromatic carbocycles. The minimum absolute atomic E-state index is 0.655. The van der Waals surface area contributed by atoms with Gasteiger partial charge >= 0.3 is 0 Å². The molecule has 0 N–H and O–H groups in total. The molecule has 0 aliphatic carbocycles. The van der Waals surface area contributed by atoms with E-state index in [1.165, 1.54) is 0 Å². The van der Waals surface area contributed by atoms with Gasteiger partial charge < -0.3 is 9.64 Å². The van der Waals surface area contributed by atoms with E-state index in [2.05, 4.69) is 40.2 Å². The number of hydrogen-bond acceptors (Lipinski definition) is 5. The number of anilines is 1. The molecule has 0 saturated heterocycles. The zero-order chi connectivity index (χ0) is 16.4. The van der Waals surface area contributed by atoms with Crippen molar-refractivity contribution in [1.29, 1.82) is 0 Å². The van der Waals surface area contributed by atoms with Crippen molar-refractivity contribution in [2.75, 3.05) is 18.6 Å². The third kappa shape index (κ3) is 2.84. The minimum atomic E-state index is 0.655. The number of nitrogens with zero attached hydrogens (tertiary/aromatic N) is 5. The van der Waals surface area contributed by atoms with Crippen LogP contribution in [0.3, 0.4) is 0 Å². The number of ether oxygens (including phenoxy) is 1. The fraction of sp³-hybridized carbons (Fsp3) is 0.353. The Morgan fingerprint density at radius 3 is 2.78 bits per heavy atom. The second-order valence-electron chi connectivity index (χ2n) is 5.55. The van der Waals surface area contributed by atoms with Crippen molar-refractivity contribution < 1.29 is 4.74 Å². The SMILES string of the molecule is CCOc1ccccc1CN(C)c1c(C)c(C)nn2cnnc12. The fourth-order valence-corrected chi connectivity index (χ4v) is 2.76. The molecule has 0 spiro atoms. The number of rotatable bonds is 5. The lowest BCUT2D eigenvalue weighted by Gasteiger charge is -2.23. The van der Waals surface area contributed by atoms with E-state index in [1.54, 1.807) is 10.8 Å². The van der Waals surface area contributed by atoms with Crippen molar-refractivity contribution in [3.05, 3.63) is 47.4 Å². The molecule has 23 heavy (non-hydrogen) atoms. The van der Waals surface area contributed by atoms with Crippen LogP contribution in [0.25, 0.3) is 5.65 Å². The van der Waals surface area contributed by atoms with E-state index in [1.807, 2.05) is 32.0 Å². The van der Waals surface area contributed by atoms with Gasteiger partial charge in [-0.1, -0.05) is 18.2 Å². The topological polar surface area (TPSA) is 55.5 Å². The van der Waals surface area contributed by atoms with E-state index in [0.29, 0.717) is 6.61 Å². The smallest absolute Gasteiger partial charge is 0.201 e. The van der Waals surface area contributed by atoms with E-state index in [0.717, 1.165) is 40.4 Å². The summed E-state index contributed by atoms with van der Waals surface area (Å²) in [4.78, 5) is 2.17. The normalized spacial score (nSPS) is 11.0. The fourth-order valence-electron chi connectivity index (χ4n) is 2.76. The lowest BCUT2D eigenvalue weighted by molar-refractivity contribution is 0.336. The standard InChI is InChI=1S/C17H21N5O/c1-5-23-15-9-7-6-8-14(15)10-21(4)16-12(2)13(3)20-22-11-18-19-17(16)22/h6-9,11H,5,10H2,1-4H3. The minimum Gasteiger partial charge on any atom is -0.494 e. The quantitative estimate of drug-likeness (QED) is 0.725. The van der Waals surface area contributed by atoms with Gasteiger partial charge in [0.2, 0.25) is 5.65 Å². The average molecular weight is 311 g/mol. The Labute approximate surface area is 135 Å². The van der Waals surface area contributed by atoms with Gasteiger partial charge in [-0.2, -0.15) is 9.61 Å². The molecule has 0 unspecified atom stereocenters. The maximum absolute atomic E-state index is 5.73. The Kier molecular flexibility index (Phi) is 4.14. The maximum atomic E-state index is 5.73. The maximum Gasteiger partial charge on any atom is 0.201 e. The summed E-state index contributed by atoms with van der Waals surface area (Å²) in [7, 11) is 2.05. The van der Waals surface area contributed by atoms with Crippen molar-refractivity contribution in [1.82, 2.24) is 19.8 Å². The molecule has 0 bridgehead atoms. The lowest BCUT2D eigenvalue weighted by Crippen LogP contribution is -2.20. The summed E-state index contributed by atoms with van der Waals surface area (Å²) >= 11 is 0. The third-order valence-corrected chi connectivity index (χ3v) is 3.96. The average Bonchev–Trinajstić information content (AvgIpc) is 2.98. The van der Waals surface area contributed by atoms with Crippen molar-refractivity contribution >= 4 is 11.3 Å². The highest BCUT2D eigenvalue weighted by Crippen LogP contribution is 2.28. The van der Waals surface area contributed by atoms with Crippen LogP contribution >= 0.6 is 0 Å².